The van der Waals surface area contributed by atoms with Crippen LogP contribution in [-0.2, 0) is 17.9 Å². The Morgan fingerprint density at radius 3 is 2.47 bits per heavy atom. The number of carbonyl (C=O) groups excluding carboxylic acids is 3. The molecule has 1 aromatic heterocycles. The van der Waals surface area contributed by atoms with E-state index < -0.39 is 11.4 Å². The van der Waals surface area contributed by atoms with Crippen LogP contribution in [0.4, 0.5) is 0 Å². The maximum Gasteiger partial charge on any atom is 0.274 e. The average molecular weight is 494 g/mol. The Kier molecular flexibility index (Phi) is 6.49. The summed E-state index contributed by atoms with van der Waals surface area (Å²) in [4.78, 5) is 46.2. The molecule has 3 amide bonds. The number of rotatable bonds is 8. The summed E-state index contributed by atoms with van der Waals surface area (Å²) >= 11 is 0. The third-order valence-corrected chi connectivity index (χ3v) is 7.32. The van der Waals surface area contributed by atoms with Crippen molar-refractivity contribution in [2.75, 3.05) is 0 Å². The van der Waals surface area contributed by atoms with Crippen LogP contribution in [0.15, 0.2) is 30.6 Å². The average Bonchev–Trinajstić information content (AvgIpc) is 3.35. The van der Waals surface area contributed by atoms with E-state index in [0.29, 0.717) is 6.54 Å². The number of aromatic nitrogens is 2. The molecule has 2 heterocycles. The summed E-state index contributed by atoms with van der Waals surface area (Å²) in [5, 5.41) is 6.06. The number of hydrogen-bond acceptors (Lipinski definition) is 5. The van der Waals surface area contributed by atoms with Gasteiger partial charge >= 0.3 is 0 Å². The Morgan fingerprint density at radius 1 is 1.14 bits per heavy atom. The Hall–Kier alpha value is -3.36. The summed E-state index contributed by atoms with van der Waals surface area (Å²) in [5.74, 6) is -0.0565. The van der Waals surface area contributed by atoms with Gasteiger partial charge in [-0.2, -0.15) is 0 Å². The van der Waals surface area contributed by atoms with Crippen LogP contribution < -0.4 is 15.4 Å². The fourth-order valence-corrected chi connectivity index (χ4v) is 5.36. The summed E-state index contributed by atoms with van der Waals surface area (Å²) in [7, 11) is 0. The molecule has 0 saturated heterocycles. The van der Waals surface area contributed by atoms with E-state index in [1.807, 2.05) is 45.0 Å². The van der Waals surface area contributed by atoms with Crippen LogP contribution in [0.3, 0.4) is 0 Å². The third kappa shape index (κ3) is 4.70. The maximum absolute atomic E-state index is 13.7. The van der Waals surface area contributed by atoms with Gasteiger partial charge in [-0.3, -0.25) is 14.4 Å². The Morgan fingerprint density at radius 2 is 1.83 bits per heavy atom. The van der Waals surface area contributed by atoms with Crippen molar-refractivity contribution in [3.05, 3.63) is 47.5 Å². The first kappa shape index (κ1) is 24.3. The number of imidazole rings is 1. The molecule has 192 valence electrons. The molecule has 9 nitrogen and oxygen atoms in total. The van der Waals surface area contributed by atoms with Crippen molar-refractivity contribution in [2.45, 2.75) is 96.1 Å². The zero-order chi connectivity index (χ0) is 25.4. The van der Waals surface area contributed by atoms with Crippen LogP contribution in [0.25, 0.3) is 0 Å². The lowest BCUT2D eigenvalue weighted by molar-refractivity contribution is -0.134. The summed E-state index contributed by atoms with van der Waals surface area (Å²) in [5.41, 5.74) is 0.256. The number of hydrogen-bond donors (Lipinski definition) is 2. The van der Waals surface area contributed by atoms with Gasteiger partial charge in [0.25, 0.3) is 11.8 Å². The molecule has 2 saturated carbocycles. The first-order valence-electron chi connectivity index (χ1n) is 13.0. The van der Waals surface area contributed by atoms with Crippen LogP contribution in [0.5, 0.6) is 5.75 Å². The van der Waals surface area contributed by atoms with E-state index in [0.717, 1.165) is 49.8 Å². The van der Waals surface area contributed by atoms with E-state index in [4.69, 9.17) is 4.74 Å². The van der Waals surface area contributed by atoms with E-state index in [2.05, 4.69) is 15.6 Å². The van der Waals surface area contributed by atoms with Crippen molar-refractivity contribution in [1.29, 1.82) is 0 Å². The quantitative estimate of drug-likeness (QED) is 0.588. The van der Waals surface area contributed by atoms with Gasteiger partial charge in [-0.25, -0.2) is 4.98 Å². The molecule has 0 bridgehead atoms. The van der Waals surface area contributed by atoms with Gasteiger partial charge in [-0.15, -0.1) is 0 Å². The lowest BCUT2D eigenvalue weighted by Crippen LogP contribution is -2.65. The van der Waals surface area contributed by atoms with Crippen LogP contribution in [0, 0.1) is 0 Å². The number of carbonyl (C=O) groups is 3. The van der Waals surface area contributed by atoms with Gasteiger partial charge in [-0.1, -0.05) is 25.0 Å². The van der Waals surface area contributed by atoms with Crippen molar-refractivity contribution >= 4 is 17.7 Å². The molecule has 1 aromatic carbocycles. The SMILES string of the molecule is CC(C)Oc1ccc(CNC(=O)c2ncn3c2C(=O)N(C2CC2)C(C)(C(=O)NC2CCCC2)C3)cc1. The van der Waals surface area contributed by atoms with Crippen molar-refractivity contribution in [2.24, 2.45) is 0 Å². The second-order valence-electron chi connectivity index (χ2n) is 10.7. The van der Waals surface area contributed by atoms with E-state index in [-0.39, 0.29) is 47.9 Å². The van der Waals surface area contributed by atoms with E-state index in [1.165, 1.54) is 6.33 Å². The smallest absolute Gasteiger partial charge is 0.274 e. The largest absolute Gasteiger partial charge is 0.491 e. The zero-order valence-electron chi connectivity index (χ0n) is 21.3. The Labute approximate surface area is 211 Å². The molecule has 3 aliphatic rings. The highest BCUT2D eigenvalue weighted by atomic mass is 16.5. The maximum atomic E-state index is 13.7. The highest BCUT2D eigenvalue weighted by Crippen LogP contribution is 2.39. The topological polar surface area (TPSA) is 106 Å². The van der Waals surface area contributed by atoms with Gasteiger partial charge in [-0.05, 0) is 64.2 Å². The summed E-state index contributed by atoms with van der Waals surface area (Å²) in [6, 6.07) is 7.72. The van der Waals surface area contributed by atoms with Gasteiger partial charge in [0.1, 0.15) is 17.0 Å². The Bertz CT molecular complexity index is 1150. The molecular weight excluding hydrogens is 458 g/mol. The van der Waals surface area contributed by atoms with Crippen LogP contribution in [0.1, 0.15) is 85.8 Å². The normalized spacial score (nSPS) is 22.0. The number of amides is 3. The predicted molar refractivity (Wildman–Crippen MR) is 134 cm³/mol. The fraction of sp³-hybridized carbons (Fsp3) is 0.556. The second kappa shape index (κ2) is 9.59. The van der Waals surface area contributed by atoms with Crippen LogP contribution in [-0.4, -0.2) is 55.9 Å². The molecule has 2 fully saturated rings. The summed E-state index contributed by atoms with van der Waals surface area (Å²) in [6.07, 6.45) is 7.52. The standard InChI is InChI=1S/C27H35N5O4/c1-17(2)36-21-12-8-18(9-13-21)14-28-24(33)22-23-25(34)32(20-10-11-20)27(3,15-31(23)16-29-22)26(35)30-19-6-4-5-7-19/h8-9,12-13,16-17,19-20H,4-7,10-11,14-15H2,1-3H3,(H,28,33)(H,30,35). The van der Waals surface area contributed by atoms with Crippen molar-refractivity contribution in [1.82, 2.24) is 25.1 Å². The molecule has 9 heteroatoms. The van der Waals surface area contributed by atoms with Gasteiger partial charge in [0.2, 0.25) is 5.91 Å². The highest BCUT2D eigenvalue weighted by molar-refractivity contribution is 6.07. The molecular formula is C27H35N5O4. The second-order valence-corrected chi connectivity index (χ2v) is 10.7. The monoisotopic (exact) mass is 493 g/mol. The zero-order valence-corrected chi connectivity index (χ0v) is 21.3. The van der Waals surface area contributed by atoms with Crippen molar-refractivity contribution in [3.8, 4) is 5.75 Å². The van der Waals surface area contributed by atoms with Crippen LogP contribution >= 0.6 is 0 Å². The number of nitrogens with zero attached hydrogens (tertiary/aromatic N) is 3. The third-order valence-electron chi connectivity index (χ3n) is 7.32. The first-order chi connectivity index (χ1) is 17.3. The molecule has 0 spiro atoms. The molecule has 2 aromatic rings. The molecule has 1 atom stereocenters. The van der Waals surface area contributed by atoms with Gasteiger partial charge in [0.05, 0.1) is 19.0 Å². The number of ether oxygens (including phenoxy) is 1. The van der Waals surface area contributed by atoms with Gasteiger partial charge in [0.15, 0.2) is 5.69 Å². The van der Waals surface area contributed by atoms with Crippen LogP contribution in [0.2, 0.25) is 0 Å². The minimum Gasteiger partial charge on any atom is -0.491 e. The molecule has 0 radical (unpaired) electrons. The molecule has 1 aliphatic heterocycles. The van der Waals surface area contributed by atoms with E-state index >= 15 is 0 Å². The predicted octanol–water partition coefficient (Wildman–Crippen LogP) is 3.04. The molecule has 2 N–H and O–H groups in total. The lowest BCUT2D eigenvalue weighted by Gasteiger charge is -2.44. The van der Waals surface area contributed by atoms with E-state index in [1.54, 1.807) is 9.47 Å². The van der Waals surface area contributed by atoms with E-state index in [9.17, 15) is 14.4 Å². The van der Waals surface area contributed by atoms with Gasteiger partial charge < -0.3 is 24.8 Å². The van der Waals surface area contributed by atoms with Crippen molar-refractivity contribution in [3.63, 3.8) is 0 Å². The molecule has 2 aliphatic carbocycles. The number of nitrogens with one attached hydrogen (secondary N) is 2. The molecule has 5 rings (SSSR count). The summed E-state index contributed by atoms with van der Waals surface area (Å²) < 4.78 is 7.33. The van der Waals surface area contributed by atoms with Gasteiger partial charge in [0, 0.05) is 18.6 Å². The molecule has 36 heavy (non-hydrogen) atoms. The highest BCUT2D eigenvalue weighted by Gasteiger charge is 2.54. The minimum absolute atomic E-state index is 0.0166. The first-order valence-corrected chi connectivity index (χ1v) is 13.0. The van der Waals surface area contributed by atoms with Crippen molar-refractivity contribution < 1.29 is 19.1 Å². The number of benzene rings is 1. The lowest BCUT2D eigenvalue weighted by atomic mass is 9.93. The fourth-order valence-electron chi connectivity index (χ4n) is 5.36. The molecule has 1 unspecified atom stereocenters. The minimum atomic E-state index is -1.01. The summed E-state index contributed by atoms with van der Waals surface area (Å²) in [6.45, 7) is 6.35. The number of fused-ring (bicyclic) bond motifs is 1. The Balaban J connectivity index is 1.32.